The van der Waals surface area contributed by atoms with Crippen molar-refractivity contribution in [3.63, 3.8) is 0 Å². The smallest absolute Gasteiger partial charge is 0.319 e. The molecule has 0 saturated carbocycles. The van der Waals surface area contributed by atoms with Crippen LogP contribution in [0, 0.1) is 0 Å². The summed E-state index contributed by atoms with van der Waals surface area (Å²) >= 11 is 3.34. The zero-order valence-electron chi connectivity index (χ0n) is 32.0. The van der Waals surface area contributed by atoms with Gasteiger partial charge in [0.2, 0.25) is 0 Å². The van der Waals surface area contributed by atoms with Crippen molar-refractivity contribution >= 4 is 59.0 Å². The minimum atomic E-state index is -3.33. The first kappa shape index (κ1) is 46.6. The Morgan fingerprint density at radius 1 is 0.500 bits per heavy atom. The lowest BCUT2D eigenvalue weighted by molar-refractivity contribution is 0.251. The van der Waals surface area contributed by atoms with E-state index in [1.54, 1.807) is 117 Å². The highest BCUT2D eigenvalue weighted by Gasteiger charge is 2.15. The van der Waals surface area contributed by atoms with Crippen molar-refractivity contribution in [3.8, 4) is 5.75 Å². The number of sulfone groups is 2. The van der Waals surface area contributed by atoms with E-state index in [0.29, 0.717) is 46.9 Å². The van der Waals surface area contributed by atoms with Gasteiger partial charge in [-0.3, -0.25) is 9.97 Å². The lowest BCUT2D eigenvalue weighted by atomic mass is 10.2. The van der Waals surface area contributed by atoms with Crippen LogP contribution in [-0.4, -0.2) is 46.0 Å². The van der Waals surface area contributed by atoms with Crippen molar-refractivity contribution in [2.24, 2.45) is 0 Å². The van der Waals surface area contributed by atoms with Gasteiger partial charge in [-0.2, -0.15) is 0 Å². The van der Waals surface area contributed by atoms with E-state index in [1.807, 2.05) is 36.4 Å². The topological polar surface area (TPSA) is 186 Å². The second kappa shape index (κ2) is 22.9. The molecule has 4 amide bonds. The van der Waals surface area contributed by atoms with Gasteiger partial charge in [0.25, 0.3) is 0 Å². The van der Waals surface area contributed by atoms with Gasteiger partial charge in [-0.1, -0.05) is 71.9 Å². The fourth-order valence-corrected chi connectivity index (χ4v) is 8.78. The van der Waals surface area contributed by atoms with Crippen molar-refractivity contribution in [1.82, 2.24) is 20.6 Å². The number of pyridine rings is 2. The molecular weight excluding hydrogens is 869 g/mol. The van der Waals surface area contributed by atoms with E-state index in [0.717, 1.165) is 21.2 Å². The summed E-state index contributed by atoms with van der Waals surface area (Å²) in [6.45, 7) is 0.775. The molecule has 6 aromatic rings. The number of amides is 4. The molecule has 0 spiro atoms. The van der Waals surface area contributed by atoms with Gasteiger partial charge in [-0.05, 0) is 106 Å². The summed E-state index contributed by atoms with van der Waals surface area (Å²) in [5, 5.41) is 11.0. The quantitative estimate of drug-likeness (QED) is 0.0785. The molecule has 16 heteroatoms. The third kappa shape index (κ3) is 16.6. The van der Waals surface area contributed by atoms with Crippen molar-refractivity contribution in [2.75, 3.05) is 17.7 Å². The molecular formula is C44H47BrN6O7S2. The summed E-state index contributed by atoms with van der Waals surface area (Å²) in [7, 11) is -5.06. The molecule has 6 rings (SSSR count). The summed E-state index contributed by atoms with van der Waals surface area (Å²) in [5.74, 6) is 0.487. The molecule has 0 unspecified atom stereocenters. The number of hydrogen-bond acceptors (Lipinski definition) is 9. The van der Waals surface area contributed by atoms with Crippen molar-refractivity contribution in [3.05, 3.63) is 184 Å². The normalized spacial score (nSPS) is 10.8. The highest BCUT2D eigenvalue weighted by atomic mass is 79.9. The first-order valence-electron chi connectivity index (χ1n) is 18.2. The van der Waals surface area contributed by atoms with Gasteiger partial charge >= 0.3 is 12.1 Å². The number of anilines is 2. The molecule has 314 valence electrons. The van der Waals surface area contributed by atoms with Crippen molar-refractivity contribution in [1.29, 1.82) is 0 Å². The van der Waals surface area contributed by atoms with E-state index in [4.69, 9.17) is 4.74 Å². The highest BCUT2D eigenvalue weighted by molar-refractivity contribution is 9.10. The standard InChI is InChI=1S/C22H23N3O4S.C21H20BrN3O3S.CH4/c1-29-21-8-4-19(5-9-21)16-30(27,28)15-18-2-6-20(7-3-18)25-22(26)24-14-17-10-12-23-13-11-17;22-19-5-1-17(2-6-19)14-29(27,28)15-18-3-7-20(8-4-18)25-21(26)24-13-16-9-11-23-12-10-16;/h2-13H,14-16H2,1H3,(H2,24,25,26);1-12H,13-15H2,(H2,24,25,26);1H4. The fourth-order valence-electron chi connectivity index (χ4n) is 5.51. The third-order valence-corrected chi connectivity index (χ3v) is 12.1. The van der Waals surface area contributed by atoms with Crippen LogP contribution in [0.4, 0.5) is 21.0 Å². The molecule has 4 N–H and O–H groups in total. The van der Waals surface area contributed by atoms with Gasteiger partial charge in [0.1, 0.15) is 5.75 Å². The number of nitrogens with one attached hydrogen (secondary N) is 4. The lowest BCUT2D eigenvalue weighted by Gasteiger charge is -2.09. The van der Waals surface area contributed by atoms with Crippen LogP contribution >= 0.6 is 15.9 Å². The summed E-state index contributed by atoms with van der Waals surface area (Å²) in [6.07, 6.45) is 6.66. The van der Waals surface area contributed by atoms with E-state index >= 15 is 0 Å². The molecule has 0 radical (unpaired) electrons. The summed E-state index contributed by atoms with van der Waals surface area (Å²) in [5.41, 5.74) is 5.84. The predicted molar refractivity (Wildman–Crippen MR) is 240 cm³/mol. The van der Waals surface area contributed by atoms with Gasteiger partial charge in [0.05, 0.1) is 30.1 Å². The van der Waals surface area contributed by atoms with Crippen LogP contribution in [0.2, 0.25) is 0 Å². The van der Waals surface area contributed by atoms with Crippen LogP contribution in [0.3, 0.4) is 0 Å². The maximum atomic E-state index is 12.5. The van der Waals surface area contributed by atoms with Gasteiger partial charge in [0.15, 0.2) is 19.7 Å². The minimum absolute atomic E-state index is 0. The highest BCUT2D eigenvalue weighted by Crippen LogP contribution is 2.19. The molecule has 0 aliphatic rings. The van der Waals surface area contributed by atoms with Gasteiger partial charge < -0.3 is 26.0 Å². The maximum absolute atomic E-state index is 12.5. The Morgan fingerprint density at radius 2 is 0.817 bits per heavy atom. The van der Waals surface area contributed by atoms with E-state index < -0.39 is 19.7 Å². The summed E-state index contributed by atoms with van der Waals surface area (Å²) in [4.78, 5) is 31.9. The van der Waals surface area contributed by atoms with Crippen LogP contribution in [0.15, 0.2) is 151 Å². The molecule has 0 bridgehead atoms. The number of carbonyl (C=O) groups excluding carboxylic acids is 2. The Balaban J connectivity index is 0.000000260. The lowest BCUT2D eigenvalue weighted by Crippen LogP contribution is -2.28. The zero-order valence-corrected chi connectivity index (χ0v) is 35.3. The summed E-state index contributed by atoms with van der Waals surface area (Å²) in [6, 6.07) is 34.4. The van der Waals surface area contributed by atoms with E-state index in [-0.39, 0.29) is 42.5 Å². The number of carbonyl (C=O) groups is 2. The molecule has 0 fully saturated rings. The average Bonchev–Trinajstić information content (AvgIpc) is 3.22. The average molecular weight is 916 g/mol. The molecule has 0 aliphatic carbocycles. The second-order valence-electron chi connectivity index (χ2n) is 13.3. The number of urea groups is 2. The van der Waals surface area contributed by atoms with Crippen molar-refractivity contribution in [2.45, 2.75) is 43.5 Å². The molecule has 0 atom stereocenters. The number of ether oxygens (including phenoxy) is 1. The number of hydrogen-bond donors (Lipinski definition) is 4. The number of aromatic nitrogens is 2. The Labute approximate surface area is 360 Å². The van der Waals surface area contributed by atoms with Gasteiger partial charge in [0, 0.05) is 53.7 Å². The largest absolute Gasteiger partial charge is 0.497 e. The van der Waals surface area contributed by atoms with E-state index in [1.165, 1.54) is 0 Å². The molecule has 2 aromatic heterocycles. The minimum Gasteiger partial charge on any atom is -0.497 e. The molecule has 4 aromatic carbocycles. The maximum Gasteiger partial charge on any atom is 0.319 e. The Hall–Kier alpha value is -6.10. The Kier molecular flexibility index (Phi) is 17.8. The predicted octanol–water partition coefficient (Wildman–Crippen LogP) is 8.44. The van der Waals surface area contributed by atoms with E-state index in [9.17, 15) is 26.4 Å². The number of benzene rings is 4. The van der Waals surface area contributed by atoms with Crippen LogP contribution < -0.4 is 26.0 Å². The van der Waals surface area contributed by atoms with Crippen molar-refractivity contribution < 1.29 is 31.2 Å². The van der Waals surface area contributed by atoms with Crippen LogP contribution in [0.25, 0.3) is 0 Å². The Bertz CT molecular complexity index is 2480. The first-order chi connectivity index (χ1) is 28.3. The van der Waals surface area contributed by atoms with Crippen LogP contribution in [-0.2, 0) is 55.8 Å². The molecule has 60 heavy (non-hydrogen) atoms. The van der Waals surface area contributed by atoms with Gasteiger partial charge in [-0.15, -0.1) is 0 Å². The number of rotatable bonds is 15. The number of methoxy groups -OCH3 is 1. The van der Waals surface area contributed by atoms with E-state index in [2.05, 4.69) is 47.2 Å². The zero-order chi connectivity index (χ0) is 42.1. The SMILES string of the molecule is C.COc1ccc(CS(=O)(=O)Cc2ccc(NC(=O)NCc3ccncc3)cc2)cc1.O=C(NCc1ccncc1)Nc1ccc(CS(=O)(=O)Cc2ccc(Br)cc2)cc1. The second-order valence-corrected chi connectivity index (χ2v) is 18.3. The van der Waals surface area contributed by atoms with Crippen LogP contribution in [0.5, 0.6) is 5.75 Å². The fraction of sp³-hybridized carbons (Fsp3) is 0.182. The van der Waals surface area contributed by atoms with Crippen LogP contribution in [0.1, 0.15) is 40.8 Å². The number of halogens is 1. The molecule has 13 nitrogen and oxygen atoms in total. The third-order valence-electron chi connectivity index (χ3n) is 8.45. The monoisotopic (exact) mass is 914 g/mol. The molecule has 2 heterocycles. The number of nitrogens with zero attached hydrogens (tertiary/aromatic N) is 2. The Morgan fingerprint density at radius 3 is 1.15 bits per heavy atom. The molecule has 0 aliphatic heterocycles. The molecule has 0 saturated heterocycles. The first-order valence-corrected chi connectivity index (χ1v) is 22.6. The summed E-state index contributed by atoms with van der Waals surface area (Å²) < 4.78 is 55.9. The van der Waals surface area contributed by atoms with Gasteiger partial charge in [-0.25, -0.2) is 26.4 Å².